The van der Waals surface area contributed by atoms with Crippen LogP contribution in [0, 0.1) is 13.8 Å². The van der Waals surface area contributed by atoms with Gasteiger partial charge in [-0.25, -0.2) is 4.79 Å². The number of amides is 1. The van der Waals surface area contributed by atoms with Crippen LogP contribution in [0.15, 0.2) is 47.4 Å². The van der Waals surface area contributed by atoms with E-state index in [9.17, 15) is 14.4 Å². The molecule has 1 N–H and O–H groups in total. The van der Waals surface area contributed by atoms with Crippen LogP contribution in [0.4, 0.5) is 5.00 Å². The van der Waals surface area contributed by atoms with Crippen LogP contribution in [0.5, 0.6) is 0 Å². The Labute approximate surface area is 188 Å². The van der Waals surface area contributed by atoms with Gasteiger partial charge in [-0.2, -0.15) is 0 Å². The summed E-state index contributed by atoms with van der Waals surface area (Å²) in [5, 5.41) is 5.29. The van der Waals surface area contributed by atoms with E-state index in [1.54, 1.807) is 13.8 Å². The number of benzene rings is 2. The first-order valence-corrected chi connectivity index (χ1v) is 11.5. The van der Waals surface area contributed by atoms with Crippen molar-refractivity contribution in [3.05, 3.63) is 58.5 Å². The number of thioether (sulfide) groups is 1. The molecule has 162 valence electrons. The molecule has 0 saturated carbocycles. The van der Waals surface area contributed by atoms with Crippen LogP contribution >= 0.6 is 23.1 Å². The second-order valence-electron chi connectivity index (χ2n) is 6.71. The molecule has 1 heterocycles. The second-order valence-corrected chi connectivity index (χ2v) is 8.99. The number of fused-ring (bicyclic) bond motifs is 1. The summed E-state index contributed by atoms with van der Waals surface area (Å²) in [6.45, 7) is 5.21. The summed E-state index contributed by atoms with van der Waals surface area (Å²) in [6.07, 6.45) is 0. The molecule has 3 rings (SSSR count). The van der Waals surface area contributed by atoms with E-state index in [0.29, 0.717) is 10.6 Å². The Morgan fingerprint density at radius 1 is 1.03 bits per heavy atom. The minimum absolute atomic E-state index is 0.0942. The van der Waals surface area contributed by atoms with Crippen molar-refractivity contribution in [3.63, 3.8) is 0 Å². The van der Waals surface area contributed by atoms with Crippen molar-refractivity contribution >= 4 is 56.7 Å². The van der Waals surface area contributed by atoms with Crippen LogP contribution in [-0.4, -0.2) is 36.8 Å². The molecule has 0 saturated heterocycles. The highest BCUT2D eigenvalue weighted by Crippen LogP contribution is 2.33. The first-order chi connectivity index (χ1) is 14.9. The summed E-state index contributed by atoms with van der Waals surface area (Å²) in [5.41, 5.74) is 1.11. The molecule has 0 bridgehead atoms. The third kappa shape index (κ3) is 5.86. The molecule has 0 unspecified atom stereocenters. The highest BCUT2D eigenvalue weighted by atomic mass is 32.2. The number of carbonyl (C=O) groups is 3. The van der Waals surface area contributed by atoms with Crippen LogP contribution < -0.4 is 5.32 Å². The maximum Gasteiger partial charge on any atom is 0.341 e. The fraction of sp³-hybridized carbons (Fsp3) is 0.261. The lowest BCUT2D eigenvalue weighted by atomic mass is 10.1. The predicted octanol–water partition coefficient (Wildman–Crippen LogP) is 4.97. The SMILES string of the molecule is CCOC(=O)c1c(NC(=O)COC(=O)CSc2ccc3ccccc3c2)sc(C)c1C. The van der Waals surface area contributed by atoms with E-state index in [1.165, 1.54) is 23.1 Å². The van der Waals surface area contributed by atoms with Crippen molar-refractivity contribution in [2.24, 2.45) is 0 Å². The number of thiophene rings is 1. The van der Waals surface area contributed by atoms with Crippen molar-refractivity contribution in [2.45, 2.75) is 25.7 Å². The number of carbonyl (C=O) groups excluding carboxylic acids is 3. The van der Waals surface area contributed by atoms with E-state index in [4.69, 9.17) is 9.47 Å². The Morgan fingerprint density at radius 3 is 2.52 bits per heavy atom. The predicted molar refractivity (Wildman–Crippen MR) is 124 cm³/mol. The van der Waals surface area contributed by atoms with Gasteiger partial charge in [0.25, 0.3) is 5.91 Å². The number of aryl methyl sites for hydroxylation is 1. The number of hydrogen-bond acceptors (Lipinski definition) is 7. The molecular weight excluding hydrogens is 434 g/mol. The summed E-state index contributed by atoms with van der Waals surface area (Å²) in [5.74, 6) is -1.38. The highest BCUT2D eigenvalue weighted by molar-refractivity contribution is 8.00. The van der Waals surface area contributed by atoms with Crippen molar-refractivity contribution < 1.29 is 23.9 Å². The number of esters is 2. The van der Waals surface area contributed by atoms with Gasteiger partial charge >= 0.3 is 11.9 Å². The minimum Gasteiger partial charge on any atom is -0.462 e. The molecule has 1 amide bonds. The van der Waals surface area contributed by atoms with E-state index < -0.39 is 24.5 Å². The average molecular weight is 458 g/mol. The van der Waals surface area contributed by atoms with E-state index in [2.05, 4.69) is 5.32 Å². The minimum atomic E-state index is -0.504. The Hall–Kier alpha value is -2.84. The first-order valence-electron chi connectivity index (χ1n) is 9.73. The first kappa shape index (κ1) is 22.8. The van der Waals surface area contributed by atoms with Gasteiger partial charge in [0, 0.05) is 9.77 Å². The zero-order valence-corrected chi connectivity index (χ0v) is 19.2. The largest absolute Gasteiger partial charge is 0.462 e. The van der Waals surface area contributed by atoms with Crippen LogP contribution in [0.3, 0.4) is 0 Å². The maximum absolute atomic E-state index is 12.3. The Balaban J connectivity index is 1.52. The molecule has 3 aromatic rings. The summed E-state index contributed by atoms with van der Waals surface area (Å²) in [7, 11) is 0. The highest BCUT2D eigenvalue weighted by Gasteiger charge is 2.22. The number of anilines is 1. The maximum atomic E-state index is 12.3. The van der Waals surface area contributed by atoms with Gasteiger partial charge in [0.05, 0.1) is 17.9 Å². The van der Waals surface area contributed by atoms with Gasteiger partial charge in [-0.15, -0.1) is 23.1 Å². The Bertz CT molecular complexity index is 1120. The normalized spacial score (nSPS) is 10.7. The van der Waals surface area contributed by atoms with Gasteiger partial charge in [-0.3, -0.25) is 9.59 Å². The topological polar surface area (TPSA) is 81.7 Å². The Morgan fingerprint density at radius 2 is 1.77 bits per heavy atom. The van der Waals surface area contributed by atoms with Gasteiger partial charge in [0.2, 0.25) is 0 Å². The summed E-state index contributed by atoms with van der Waals surface area (Å²) in [4.78, 5) is 38.4. The molecular formula is C23H23NO5S2. The van der Waals surface area contributed by atoms with Crippen molar-refractivity contribution in [2.75, 3.05) is 24.3 Å². The molecule has 0 radical (unpaired) electrons. The average Bonchev–Trinajstić information content (AvgIpc) is 3.03. The smallest absolute Gasteiger partial charge is 0.341 e. The van der Waals surface area contributed by atoms with Gasteiger partial charge in [-0.1, -0.05) is 30.3 Å². The van der Waals surface area contributed by atoms with Gasteiger partial charge in [0.15, 0.2) is 6.61 Å². The number of rotatable bonds is 8. The third-order valence-electron chi connectivity index (χ3n) is 4.56. The molecule has 0 fully saturated rings. The molecule has 0 aliphatic heterocycles. The van der Waals surface area contributed by atoms with Gasteiger partial charge in [-0.05, 0) is 49.2 Å². The van der Waals surface area contributed by atoms with Crippen LogP contribution in [-0.2, 0) is 19.1 Å². The number of nitrogens with one attached hydrogen (secondary N) is 1. The molecule has 0 spiro atoms. The molecule has 0 aliphatic carbocycles. The molecule has 0 aliphatic rings. The van der Waals surface area contributed by atoms with Crippen LogP contribution in [0.1, 0.15) is 27.7 Å². The van der Waals surface area contributed by atoms with E-state index in [-0.39, 0.29) is 12.4 Å². The molecule has 31 heavy (non-hydrogen) atoms. The van der Waals surface area contributed by atoms with Crippen molar-refractivity contribution in [1.82, 2.24) is 0 Å². The standard InChI is InChI=1S/C23H23NO5S2/c1-4-28-23(27)21-14(2)15(3)31-22(21)24-19(25)12-29-20(26)13-30-18-10-9-16-7-5-6-8-17(16)11-18/h5-11H,4,12-13H2,1-3H3,(H,24,25). The lowest BCUT2D eigenvalue weighted by molar-refractivity contribution is -0.144. The number of hydrogen-bond donors (Lipinski definition) is 1. The van der Waals surface area contributed by atoms with E-state index in [1.807, 2.05) is 49.4 Å². The van der Waals surface area contributed by atoms with Crippen LogP contribution in [0.2, 0.25) is 0 Å². The second kappa shape index (κ2) is 10.5. The lowest BCUT2D eigenvalue weighted by Gasteiger charge is -2.08. The third-order valence-corrected chi connectivity index (χ3v) is 6.65. The van der Waals surface area contributed by atoms with Crippen molar-refractivity contribution in [1.29, 1.82) is 0 Å². The van der Waals surface area contributed by atoms with Crippen LogP contribution in [0.25, 0.3) is 10.8 Å². The fourth-order valence-electron chi connectivity index (χ4n) is 2.91. The van der Waals surface area contributed by atoms with Gasteiger partial charge in [0.1, 0.15) is 5.00 Å². The lowest BCUT2D eigenvalue weighted by Crippen LogP contribution is -2.22. The van der Waals surface area contributed by atoms with E-state index in [0.717, 1.165) is 26.1 Å². The fourth-order valence-corrected chi connectivity index (χ4v) is 4.72. The van der Waals surface area contributed by atoms with Crippen molar-refractivity contribution in [3.8, 4) is 0 Å². The summed E-state index contributed by atoms with van der Waals surface area (Å²) >= 11 is 2.64. The monoisotopic (exact) mass is 457 g/mol. The van der Waals surface area contributed by atoms with Gasteiger partial charge < -0.3 is 14.8 Å². The molecule has 6 nitrogen and oxygen atoms in total. The Kier molecular flexibility index (Phi) is 7.70. The summed E-state index contributed by atoms with van der Waals surface area (Å²) in [6, 6.07) is 14.0. The molecule has 2 aromatic carbocycles. The quantitative estimate of drug-likeness (QED) is 0.380. The zero-order chi connectivity index (χ0) is 22.4. The van der Waals surface area contributed by atoms with E-state index >= 15 is 0 Å². The molecule has 1 aromatic heterocycles. The summed E-state index contributed by atoms with van der Waals surface area (Å²) < 4.78 is 10.2. The zero-order valence-electron chi connectivity index (χ0n) is 17.5. The molecule has 0 atom stereocenters. The number of ether oxygens (including phenoxy) is 2. The molecule has 8 heteroatoms.